The molecule has 0 aromatic heterocycles. The molecule has 108 valence electrons. The molecule has 6 heteroatoms. The van der Waals surface area contributed by atoms with Crippen LogP contribution in [0.25, 0.3) is 0 Å². The molecule has 0 radical (unpaired) electrons. The first-order chi connectivity index (χ1) is 9.95. The van der Waals surface area contributed by atoms with Gasteiger partial charge in [0, 0.05) is 6.07 Å². The van der Waals surface area contributed by atoms with Crippen molar-refractivity contribution in [1.82, 2.24) is 0 Å². The smallest absolute Gasteiger partial charge is 0.419 e. The molecule has 21 heavy (non-hydrogen) atoms. The predicted octanol–water partition coefficient (Wildman–Crippen LogP) is 4.38. The second kappa shape index (κ2) is 5.75. The number of hydrogen-bond donors (Lipinski definition) is 0. The topological polar surface area (TPSA) is 42.2 Å². The molecule has 0 aliphatic heterocycles. The highest BCUT2D eigenvalue weighted by Crippen LogP contribution is 2.39. The van der Waals surface area contributed by atoms with Crippen molar-refractivity contribution in [3.05, 3.63) is 53.6 Å². The summed E-state index contributed by atoms with van der Waals surface area (Å²) in [5.41, 5.74) is -0.788. The molecule has 3 nitrogen and oxygen atoms in total. The number of para-hydroxylation sites is 1. The molecule has 0 heterocycles. The Labute approximate surface area is 119 Å². The lowest BCUT2D eigenvalue weighted by Gasteiger charge is -2.14. The van der Waals surface area contributed by atoms with Crippen LogP contribution in [-0.2, 0) is 6.18 Å². The summed E-state index contributed by atoms with van der Waals surface area (Å²) in [5.74, 6) is 0.0248. The molecule has 0 atom stereocenters. The van der Waals surface area contributed by atoms with E-state index in [0.717, 1.165) is 6.07 Å². The predicted molar refractivity (Wildman–Crippen MR) is 69.2 cm³/mol. The average Bonchev–Trinajstić information content (AvgIpc) is 2.46. The van der Waals surface area contributed by atoms with Crippen LogP contribution in [0.1, 0.15) is 11.1 Å². The van der Waals surface area contributed by atoms with E-state index in [1.807, 2.05) is 6.07 Å². The number of hydrogen-bond acceptors (Lipinski definition) is 3. The van der Waals surface area contributed by atoms with E-state index < -0.39 is 11.7 Å². The summed E-state index contributed by atoms with van der Waals surface area (Å²) >= 11 is 0. The minimum Gasteiger partial charge on any atom is -0.497 e. The normalized spacial score (nSPS) is 10.8. The van der Waals surface area contributed by atoms with Gasteiger partial charge in [-0.2, -0.15) is 18.4 Å². The second-order valence-corrected chi connectivity index (χ2v) is 4.07. The molecule has 0 saturated heterocycles. The Morgan fingerprint density at radius 2 is 1.76 bits per heavy atom. The van der Waals surface area contributed by atoms with Gasteiger partial charge in [0.15, 0.2) is 0 Å². The maximum atomic E-state index is 12.9. The first-order valence-corrected chi connectivity index (χ1v) is 5.88. The molecule has 2 aromatic rings. The van der Waals surface area contributed by atoms with Gasteiger partial charge < -0.3 is 9.47 Å². The molecule has 0 aliphatic carbocycles. The van der Waals surface area contributed by atoms with Crippen LogP contribution >= 0.6 is 0 Å². The maximum Gasteiger partial charge on any atom is 0.419 e. The number of benzene rings is 2. The van der Waals surface area contributed by atoms with Crippen molar-refractivity contribution >= 4 is 0 Å². The van der Waals surface area contributed by atoms with Crippen LogP contribution in [-0.4, -0.2) is 7.11 Å². The van der Waals surface area contributed by atoms with Crippen LogP contribution in [0.4, 0.5) is 13.2 Å². The number of halogens is 3. The molecule has 0 bridgehead atoms. The first-order valence-electron chi connectivity index (χ1n) is 5.88. The lowest BCUT2D eigenvalue weighted by Crippen LogP contribution is -2.07. The van der Waals surface area contributed by atoms with E-state index >= 15 is 0 Å². The van der Waals surface area contributed by atoms with Crippen molar-refractivity contribution in [2.24, 2.45) is 0 Å². The third-order valence-electron chi connectivity index (χ3n) is 2.72. The van der Waals surface area contributed by atoms with Gasteiger partial charge in [-0.15, -0.1) is 0 Å². The van der Waals surface area contributed by atoms with Gasteiger partial charge in [-0.05, 0) is 24.3 Å². The van der Waals surface area contributed by atoms with Crippen molar-refractivity contribution in [2.75, 3.05) is 7.11 Å². The van der Waals surface area contributed by atoms with E-state index in [2.05, 4.69) is 0 Å². The van der Waals surface area contributed by atoms with Crippen molar-refractivity contribution in [3.63, 3.8) is 0 Å². The first kappa shape index (κ1) is 14.7. The van der Waals surface area contributed by atoms with Gasteiger partial charge in [0.2, 0.25) is 0 Å². The maximum absolute atomic E-state index is 12.9. The van der Waals surface area contributed by atoms with E-state index in [1.54, 1.807) is 0 Å². The molecule has 2 rings (SSSR count). The number of nitrogens with zero attached hydrogens (tertiary/aromatic N) is 1. The average molecular weight is 293 g/mol. The third kappa shape index (κ3) is 3.26. The van der Waals surface area contributed by atoms with Crippen LogP contribution in [0.15, 0.2) is 42.5 Å². The van der Waals surface area contributed by atoms with E-state index in [4.69, 9.17) is 14.7 Å². The lowest BCUT2D eigenvalue weighted by molar-refractivity contribution is -0.138. The van der Waals surface area contributed by atoms with Gasteiger partial charge in [-0.3, -0.25) is 0 Å². The summed E-state index contributed by atoms with van der Waals surface area (Å²) in [5, 5.41) is 9.00. The number of rotatable bonds is 3. The molecule has 0 N–H and O–H groups in total. The van der Waals surface area contributed by atoms with Gasteiger partial charge in [-0.1, -0.05) is 12.1 Å². The molecule has 0 aliphatic rings. The molecule has 0 spiro atoms. The molecule has 2 aromatic carbocycles. The van der Waals surface area contributed by atoms with Crippen molar-refractivity contribution < 1.29 is 22.6 Å². The van der Waals surface area contributed by atoms with E-state index in [-0.39, 0.29) is 17.1 Å². The zero-order valence-electron chi connectivity index (χ0n) is 10.9. The molecule has 0 amide bonds. The minimum atomic E-state index is -4.54. The van der Waals surface area contributed by atoms with Crippen LogP contribution in [0.2, 0.25) is 0 Å². The Hall–Kier alpha value is -2.68. The van der Waals surface area contributed by atoms with Gasteiger partial charge in [-0.25, -0.2) is 0 Å². The molecule has 0 unspecified atom stereocenters. The third-order valence-corrected chi connectivity index (χ3v) is 2.72. The summed E-state index contributed by atoms with van der Waals surface area (Å²) in [6, 6.07) is 11.0. The zero-order valence-corrected chi connectivity index (χ0v) is 10.9. The van der Waals surface area contributed by atoms with E-state index in [9.17, 15) is 13.2 Å². The monoisotopic (exact) mass is 293 g/mol. The highest BCUT2D eigenvalue weighted by molar-refractivity contribution is 5.50. The second-order valence-electron chi connectivity index (χ2n) is 4.07. The van der Waals surface area contributed by atoms with Crippen LogP contribution in [0.3, 0.4) is 0 Å². The van der Waals surface area contributed by atoms with Crippen LogP contribution in [0, 0.1) is 11.3 Å². The lowest BCUT2D eigenvalue weighted by atomic mass is 10.1. The largest absolute Gasteiger partial charge is 0.497 e. The van der Waals surface area contributed by atoms with Crippen LogP contribution in [0.5, 0.6) is 17.2 Å². The van der Waals surface area contributed by atoms with Gasteiger partial charge in [0.1, 0.15) is 23.3 Å². The minimum absolute atomic E-state index is 0.00792. The number of nitriles is 1. The number of ether oxygens (including phenoxy) is 2. The van der Waals surface area contributed by atoms with Crippen LogP contribution < -0.4 is 9.47 Å². The van der Waals surface area contributed by atoms with E-state index in [0.29, 0.717) is 5.75 Å². The number of methoxy groups -OCH3 is 1. The molecule has 0 saturated carbocycles. The van der Waals surface area contributed by atoms with E-state index in [1.165, 1.54) is 43.5 Å². The summed E-state index contributed by atoms with van der Waals surface area (Å²) in [7, 11) is 1.41. The number of alkyl halides is 3. The summed E-state index contributed by atoms with van der Waals surface area (Å²) in [6.45, 7) is 0. The Bertz CT molecular complexity index is 690. The fourth-order valence-electron chi connectivity index (χ4n) is 1.71. The van der Waals surface area contributed by atoms with Crippen molar-refractivity contribution in [1.29, 1.82) is 5.26 Å². The Morgan fingerprint density at radius 3 is 2.38 bits per heavy atom. The standard InChI is InChI=1S/C15H10F3NO2/c1-20-11-7-6-10(9-19)14(8-11)21-13-5-3-2-4-12(13)15(16,17)18/h2-8H,1H3. The molecule has 0 fully saturated rings. The quantitative estimate of drug-likeness (QED) is 0.843. The summed E-state index contributed by atoms with van der Waals surface area (Å²) in [4.78, 5) is 0. The van der Waals surface area contributed by atoms with Gasteiger partial charge >= 0.3 is 6.18 Å². The summed E-state index contributed by atoms with van der Waals surface area (Å²) < 4.78 is 49.0. The Balaban J connectivity index is 2.46. The van der Waals surface area contributed by atoms with Crippen molar-refractivity contribution in [3.8, 4) is 23.3 Å². The summed E-state index contributed by atoms with van der Waals surface area (Å²) in [6.07, 6.45) is -4.54. The Kier molecular flexibility index (Phi) is 4.03. The van der Waals surface area contributed by atoms with Gasteiger partial charge in [0.25, 0.3) is 0 Å². The van der Waals surface area contributed by atoms with Crippen molar-refractivity contribution in [2.45, 2.75) is 6.18 Å². The fourth-order valence-corrected chi connectivity index (χ4v) is 1.71. The molecular formula is C15H10F3NO2. The zero-order chi connectivity index (χ0) is 15.5. The fraction of sp³-hybridized carbons (Fsp3) is 0.133. The Morgan fingerprint density at radius 1 is 1.05 bits per heavy atom. The van der Waals surface area contributed by atoms with Gasteiger partial charge in [0.05, 0.1) is 18.2 Å². The molecular weight excluding hydrogens is 283 g/mol. The highest BCUT2D eigenvalue weighted by Gasteiger charge is 2.34. The SMILES string of the molecule is COc1ccc(C#N)c(Oc2ccccc2C(F)(F)F)c1. The highest BCUT2D eigenvalue weighted by atomic mass is 19.4.